The van der Waals surface area contributed by atoms with Crippen LogP contribution < -0.4 is 5.32 Å². The fourth-order valence-corrected chi connectivity index (χ4v) is 4.78. The Labute approximate surface area is 99.3 Å². The molecule has 0 radical (unpaired) electrons. The molecule has 1 amide bonds. The monoisotopic (exact) mass is 241 g/mol. The van der Waals surface area contributed by atoms with Gasteiger partial charge in [-0.15, -0.1) is 0 Å². The molecule has 1 aliphatic carbocycles. The van der Waals surface area contributed by atoms with E-state index in [0.29, 0.717) is 12.5 Å². The first-order chi connectivity index (χ1) is 7.23. The first-order valence-electron chi connectivity index (χ1n) is 5.88. The van der Waals surface area contributed by atoms with Crippen LogP contribution >= 0.6 is 0 Å². The summed E-state index contributed by atoms with van der Waals surface area (Å²) in [5.74, 6) is 0.435. The van der Waals surface area contributed by atoms with Gasteiger partial charge < -0.3 is 10.1 Å². The molecular weight excluding hydrogens is 218 g/mol. The van der Waals surface area contributed by atoms with E-state index in [2.05, 4.69) is 31.9 Å². The topological polar surface area (TPSA) is 38.3 Å². The van der Waals surface area contributed by atoms with Gasteiger partial charge in [0.2, 0.25) is 0 Å². The predicted molar refractivity (Wildman–Crippen MR) is 69.2 cm³/mol. The quantitative estimate of drug-likeness (QED) is 0.769. The van der Waals surface area contributed by atoms with E-state index < -0.39 is 8.07 Å². The molecule has 16 heavy (non-hydrogen) atoms. The molecule has 3 nitrogen and oxygen atoms in total. The van der Waals surface area contributed by atoms with Gasteiger partial charge in [-0.1, -0.05) is 30.4 Å². The number of amides is 1. The molecule has 0 aromatic heterocycles. The minimum atomic E-state index is -1.19. The summed E-state index contributed by atoms with van der Waals surface area (Å²) in [6, 6.07) is 0.136. The molecule has 0 bridgehead atoms. The van der Waals surface area contributed by atoms with E-state index in [1.807, 2.05) is 13.8 Å². The summed E-state index contributed by atoms with van der Waals surface area (Å²) in [6.45, 7) is 13.5. The van der Waals surface area contributed by atoms with Crippen molar-refractivity contribution >= 4 is 14.2 Å². The lowest BCUT2D eigenvalue weighted by atomic mass is 10.3. The van der Waals surface area contributed by atoms with Gasteiger partial charge in [-0.05, 0) is 20.8 Å². The summed E-state index contributed by atoms with van der Waals surface area (Å²) in [5, 5.41) is 4.30. The Morgan fingerprint density at radius 3 is 2.38 bits per heavy atom. The first kappa shape index (κ1) is 13.3. The smallest absolute Gasteiger partial charge is 0.407 e. The van der Waals surface area contributed by atoms with Crippen molar-refractivity contribution in [1.29, 1.82) is 0 Å². The molecule has 0 aliphatic heterocycles. The zero-order valence-corrected chi connectivity index (χ0v) is 12.2. The zero-order valence-electron chi connectivity index (χ0n) is 11.2. The molecule has 0 unspecified atom stereocenters. The lowest BCUT2D eigenvalue weighted by Gasteiger charge is -2.14. The van der Waals surface area contributed by atoms with Crippen LogP contribution in [0.1, 0.15) is 20.8 Å². The van der Waals surface area contributed by atoms with Gasteiger partial charge in [-0.25, -0.2) is 4.79 Å². The largest absolute Gasteiger partial charge is 0.449 e. The normalized spacial score (nSPS) is 20.1. The van der Waals surface area contributed by atoms with E-state index in [0.717, 1.165) is 0 Å². The molecule has 4 heteroatoms. The molecule has 0 fully saturated rings. The van der Waals surface area contributed by atoms with E-state index in [4.69, 9.17) is 4.74 Å². The predicted octanol–water partition coefficient (Wildman–Crippen LogP) is 2.94. The Kier molecular flexibility index (Phi) is 3.83. The molecule has 0 aromatic carbocycles. The maximum atomic E-state index is 11.3. The van der Waals surface area contributed by atoms with Crippen LogP contribution in [0.5, 0.6) is 0 Å². The van der Waals surface area contributed by atoms with Crippen LogP contribution in [0.15, 0.2) is 10.8 Å². The van der Waals surface area contributed by atoms with Gasteiger partial charge >= 0.3 is 6.09 Å². The van der Waals surface area contributed by atoms with Crippen molar-refractivity contribution in [3.63, 3.8) is 0 Å². The minimum absolute atomic E-state index is 0.136. The van der Waals surface area contributed by atoms with Crippen LogP contribution in [0.3, 0.4) is 0 Å². The van der Waals surface area contributed by atoms with E-state index in [9.17, 15) is 4.79 Å². The third-order valence-corrected chi connectivity index (χ3v) is 5.17. The maximum absolute atomic E-state index is 11.3. The molecule has 0 heterocycles. The van der Waals surface area contributed by atoms with E-state index in [1.165, 1.54) is 5.57 Å². The highest BCUT2D eigenvalue weighted by Crippen LogP contribution is 2.44. The molecule has 1 N–H and O–H groups in total. The van der Waals surface area contributed by atoms with E-state index in [-0.39, 0.29) is 12.1 Å². The minimum Gasteiger partial charge on any atom is -0.449 e. The number of rotatable bonds is 4. The summed E-state index contributed by atoms with van der Waals surface area (Å²) in [5.41, 5.74) is 1.44. The fourth-order valence-electron chi connectivity index (χ4n) is 2.15. The molecular formula is C12H23NO2Si. The Balaban J connectivity index is 2.31. The third kappa shape index (κ3) is 3.37. The summed E-state index contributed by atoms with van der Waals surface area (Å²) in [7, 11) is -1.19. The van der Waals surface area contributed by atoms with Crippen molar-refractivity contribution in [2.24, 2.45) is 5.92 Å². The van der Waals surface area contributed by atoms with Gasteiger partial charge in [-0.2, -0.15) is 0 Å². The number of ether oxygens (including phenoxy) is 1. The van der Waals surface area contributed by atoms with Crippen LogP contribution in [0.4, 0.5) is 4.79 Å². The Morgan fingerprint density at radius 1 is 1.44 bits per heavy atom. The van der Waals surface area contributed by atoms with Crippen molar-refractivity contribution in [3.8, 4) is 0 Å². The average Bonchev–Trinajstić information content (AvgIpc) is 2.71. The highest BCUT2D eigenvalue weighted by atomic mass is 28.3. The number of alkyl carbamates (subject to hydrolysis) is 1. The molecule has 92 valence electrons. The van der Waals surface area contributed by atoms with Crippen LogP contribution in [-0.2, 0) is 4.74 Å². The molecule has 0 aromatic rings. The summed E-state index contributed by atoms with van der Waals surface area (Å²) in [6.07, 6.45) is -0.301. The molecule has 0 spiro atoms. The molecule has 0 saturated carbocycles. The Hall–Kier alpha value is -0.773. The summed E-state index contributed by atoms with van der Waals surface area (Å²) in [4.78, 5) is 11.3. The fraction of sp³-hybridized carbons (Fsp3) is 0.750. The first-order valence-corrected chi connectivity index (χ1v) is 9.38. The number of hydrogen-bond donors (Lipinski definition) is 1. The van der Waals surface area contributed by atoms with Crippen molar-refractivity contribution in [2.45, 2.75) is 46.5 Å². The lowest BCUT2D eigenvalue weighted by molar-refractivity contribution is 0.140. The number of nitrogens with one attached hydrogen (secondary N) is 1. The van der Waals surface area contributed by atoms with Crippen molar-refractivity contribution < 1.29 is 9.53 Å². The van der Waals surface area contributed by atoms with Crippen LogP contribution in [-0.4, -0.2) is 26.8 Å². The number of carbonyl (C=O) groups is 1. The highest BCUT2D eigenvalue weighted by Gasteiger charge is 2.41. The molecule has 0 saturated heterocycles. The second-order valence-electron chi connectivity index (χ2n) is 5.80. The Bertz CT molecular complexity index is 315. The average molecular weight is 241 g/mol. The van der Waals surface area contributed by atoms with Gasteiger partial charge in [0.1, 0.15) is 6.61 Å². The number of carbonyl (C=O) groups excluding carboxylic acids is 1. The van der Waals surface area contributed by atoms with Crippen molar-refractivity contribution in [1.82, 2.24) is 5.32 Å². The highest BCUT2D eigenvalue weighted by molar-refractivity contribution is 6.84. The second kappa shape index (κ2) is 4.61. The standard InChI is InChI=1S/C12H23NO2Si/c1-8(2)13-12(14)15-7-10-9(3)11(10)16(4,5)6/h8,10H,7H2,1-6H3,(H,13,14)/t10-/m0/s1. The van der Waals surface area contributed by atoms with Gasteiger partial charge in [0, 0.05) is 12.0 Å². The molecule has 1 atom stereocenters. The summed E-state index contributed by atoms with van der Waals surface area (Å²) < 4.78 is 5.20. The Morgan fingerprint density at radius 2 is 2.00 bits per heavy atom. The molecule has 1 rings (SSSR count). The van der Waals surface area contributed by atoms with E-state index >= 15 is 0 Å². The van der Waals surface area contributed by atoms with Crippen LogP contribution in [0, 0.1) is 5.92 Å². The third-order valence-electron chi connectivity index (χ3n) is 2.81. The van der Waals surface area contributed by atoms with Crippen molar-refractivity contribution in [2.75, 3.05) is 6.61 Å². The van der Waals surface area contributed by atoms with Gasteiger partial charge in [0.25, 0.3) is 0 Å². The van der Waals surface area contributed by atoms with Crippen LogP contribution in [0.25, 0.3) is 0 Å². The van der Waals surface area contributed by atoms with Gasteiger partial charge in [0.15, 0.2) is 0 Å². The maximum Gasteiger partial charge on any atom is 0.407 e. The van der Waals surface area contributed by atoms with E-state index in [1.54, 1.807) is 5.20 Å². The molecule has 1 aliphatic rings. The zero-order chi connectivity index (χ0) is 12.5. The van der Waals surface area contributed by atoms with Crippen LogP contribution in [0.2, 0.25) is 19.6 Å². The number of hydrogen-bond acceptors (Lipinski definition) is 2. The van der Waals surface area contributed by atoms with Gasteiger partial charge in [-0.3, -0.25) is 0 Å². The SMILES string of the molecule is CC1=C([Si](C)(C)C)[C@H]1COC(=O)NC(C)C. The lowest BCUT2D eigenvalue weighted by Crippen LogP contribution is -2.31. The van der Waals surface area contributed by atoms with Crippen molar-refractivity contribution in [3.05, 3.63) is 10.8 Å². The van der Waals surface area contributed by atoms with Gasteiger partial charge in [0.05, 0.1) is 8.07 Å². The second-order valence-corrected chi connectivity index (χ2v) is 10.8. The summed E-state index contributed by atoms with van der Waals surface area (Å²) >= 11 is 0.